The zero-order chi connectivity index (χ0) is 22.8. The minimum absolute atomic E-state index is 0.0524. The van der Waals surface area contributed by atoms with Gasteiger partial charge in [0.05, 0.1) is 24.1 Å². The lowest BCUT2D eigenvalue weighted by Crippen LogP contribution is -2.15. The van der Waals surface area contributed by atoms with Crippen LogP contribution in [-0.2, 0) is 21.4 Å². The van der Waals surface area contributed by atoms with E-state index in [2.05, 4.69) is 9.71 Å². The van der Waals surface area contributed by atoms with Gasteiger partial charge < -0.3 is 9.64 Å². The third-order valence-corrected chi connectivity index (χ3v) is 6.36. The van der Waals surface area contributed by atoms with Crippen molar-refractivity contribution in [3.8, 4) is 6.01 Å². The van der Waals surface area contributed by atoms with Gasteiger partial charge in [0.15, 0.2) is 0 Å². The molecule has 0 aliphatic heterocycles. The highest BCUT2D eigenvalue weighted by atomic mass is 32.2. The van der Waals surface area contributed by atoms with Crippen molar-refractivity contribution in [3.63, 3.8) is 0 Å². The number of anilines is 1. The summed E-state index contributed by atoms with van der Waals surface area (Å²) in [5.74, 6) is 0.517. The predicted molar refractivity (Wildman–Crippen MR) is 123 cm³/mol. The summed E-state index contributed by atoms with van der Waals surface area (Å²) in [6, 6.07) is 4.18. The number of ether oxygens (including phenoxy) is 1. The van der Waals surface area contributed by atoms with E-state index in [-0.39, 0.29) is 5.75 Å². The second kappa shape index (κ2) is 9.13. The molecule has 31 heavy (non-hydrogen) atoms. The Morgan fingerprint density at radius 2 is 2.06 bits per heavy atom. The zero-order valence-electron chi connectivity index (χ0n) is 18.7. The Morgan fingerprint density at radius 1 is 1.35 bits per heavy atom. The molecule has 1 saturated carbocycles. The summed E-state index contributed by atoms with van der Waals surface area (Å²) < 4.78 is 35.0. The van der Waals surface area contributed by atoms with Crippen molar-refractivity contribution < 1.29 is 17.9 Å². The standard InChI is InChI=1S/C22H30N4O4S/c1-6-31(28,29)24-19-10-17(18(9-15(2)3)13-25(4)14-27)11-20-21(19)23-22(30-5)26(20)12-16-7-8-16/h9-11,13-14,16,24H,6-8,12H2,1-5H3/b18-13+. The monoisotopic (exact) mass is 446 g/mol. The van der Waals surface area contributed by atoms with Gasteiger partial charge in [-0.2, -0.15) is 4.98 Å². The molecule has 2 aromatic rings. The highest BCUT2D eigenvalue weighted by Gasteiger charge is 2.26. The van der Waals surface area contributed by atoms with Crippen molar-refractivity contribution in [2.45, 2.75) is 40.2 Å². The fourth-order valence-electron chi connectivity index (χ4n) is 3.33. The molecule has 1 fully saturated rings. The van der Waals surface area contributed by atoms with Crippen LogP contribution in [0.25, 0.3) is 16.6 Å². The van der Waals surface area contributed by atoms with E-state index in [0.29, 0.717) is 23.1 Å². The van der Waals surface area contributed by atoms with E-state index < -0.39 is 10.0 Å². The third-order valence-electron chi connectivity index (χ3n) is 5.07. The summed E-state index contributed by atoms with van der Waals surface area (Å²) in [6.45, 7) is 6.28. The van der Waals surface area contributed by atoms with Crippen LogP contribution in [0.15, 0.2) is 30.0 Å². The SMILES string of the molecule is CCS(=O)(=O)Nc1cc(/C(C=C(C)C)=C/N(C)C=O)cc2c1nc(OC)n2CC1CC1. The van der Waals surface area contributed by atoms with Gasteiger partial charge in [0.25, 0.3) is 6.01 Å². The predicted octanol–water partition coefficient (Wildman–Crippen LogP) is 3.61. The van der Waals surface area contributed by atoms with E-state index in [4.69, 9.17) is 4.74 Å². The first-order valence-corrected chi connectivity index (χ1v) is 12.0. The molecule has 0 saturated heterocycles. The molecule has 1 aliphatic rings. The highest BCUT2D eigenvalue weighted by molar-refractivity contribution is 7.92. The molecule has 0 atom stereocenters. The summed E-state index contributed by atoms with van der Waals surface area (Å²) in [4.78, 5) is 17.2. The number of carbonyl (C=O) groups is 1. The number of hydrogen-bond acceptors (Lipinski definition) is 5. The number of fused-ring (bicyclic) bond motifs is 1. The van der Waals surface area contributed by atoms with Crippen LogP contribution in [0.4, 0.5) is 5.69 Å². The molecule has 1 N–H and O–H groups in total. The number of imidazole rings is 1. The first-order valence-electron chi connectivity index (χ1n) is 10.3. The van der Waals surface area contributed by atoms with Crippen LogP contribution in [0.1, 0.15) is 39.2 Å². The largest absolute Gasteiger partial charge is 0.468 e. The number of nitrogens with zero attached hydrogens (tertiary/aromatic N) is 3. The second-order valence-corrected chi connectivity index (χ2v) is 10.1. The van der Waals surface area contributed by atoms with Crippen molar-refractivity contribution in [3.05, 3.63) is 35.5 Å². The summed E-state index contributed by atoms with van der Waals surface area (Å²) in [6.07, 6.45) is 6.71. The van der Waals surface area contributed by atoms with Crippen LogP contribution in [0.5, 0.6) is 6.01 Å². The van der Waals surface area contributed by atoms with E-state index >= 15 is 0 Å². The molecule has 8 nitrogen and oxygen atoms in total. The quantitative estimate of drug-likeness (QED) is 0.444. The molecule has 168 valence electrons. The van der Waals surface area contributed by atoms with Gasteiger partial charge in [0.1, 0.15) is 5.52 Å². The molecule has 1 aromatic heterocycles. The van der Waals surface area contributed by atoms with Crippen molar-refractivity contribution in [2.75, 3.05) is 24.6 Å². The van der Waals surface area contributed by atoms with Gasteiger partial charge in [-0.15, -0.1) is 0 Å². The Labute approximate surface area is 183 Å². The number of sulfonamides is 1. The Morgan fingerprint density at radius 3 is 2.61 bits per heavy atom. The number of benzene rings is 1. The third kappa shape index (κ3) is 5.46. The number of amides is 1. The lowest BCUT2D eigenvalue weighted by Gasteiger charge is -2.14. The lowest BCUT2D eigenvalue weighted by molar-refractivity contribution is -0.114. The first-order chi connectivity index (χ1) is 14.7. The normalized spacial score (nSPS) is 14.4. The summed E-state index contributed by atoms with van der Waals surface area (Å²) >= 11 is 0. The average molecular weight is 447 g/mol. The molecule has 1 amide bonds. The van der Waals surface area contributed by atoms with Crippen LogP contribution in [0.2, 0.25) is 0 Å². The summed E-state index contributed by atoms with van der Waals surface area (Å²) in [5, 5.41) is 0. The molecule has 0 bridgehead atoms. The van der Waals surface area contributed by atoms with Crippen LogP contribution in [0.3, 0.4) is 0 Å². The van der Waals surface area contributed by atoms with Crippen molar-refractivity contribution >= 4 is 38.7 Å². The number of methoxy groups -OCH3 is 1. The maximum absolute atomic E-state index is 12.4. The van der Waals surface area contributed by atoms with Crippen molar-refractivity contribution in [1.82, 2.24) is 14.5 Å². The van der Waals surface area contributed by atoms with Gasteiger partial charge >= 0.3 is 0 Å². The van der Waals surface area contributed by atoms with Gasteiger partial charge in [-0.05, 0) is 62.8 Å². The number of allylic oxidation sites excluding steroid dienone is 3. The molecule has 9 heteroatoms. The maximum Gasteiger partial charge on any atom is 0.297 e. The highest BCUT2D eigenvalue weighted by Crippen LogP contribution is 2.37. The smallest absolute Gasteiger partial charge is 0.297 e. The molecule has 1 aromatic carbocycles. The zero-order valence-corrected chi connectivity index (χ0v) is 19.5. The number of carbonyl (C=O) groups excluding carboxylic acids is 1. The molecule has 0 unspecified atom stereocenters. The van der Waals surface area contributed by atoms with Crippen LogP contribution in [0, 0.1) is 5.92 Å². The fraction of sp³-hybridized carbons (Fsp3) is 0.455. The van der Waals surface area contributed by atoms with Crippen LogP contribution < -0.4 is 9.46 Å². The topological polar surface area (TPSA) is 93.5 Å². The molecule has 0 spiro atoms. The van der Waals surface area contributed by atoms with Gasteiger partial charge in [0.2, 0.25) is 16.4 Å². The van der Waals surface area contributed by atoms with Gasteiger partial charge in [-0.25, -0.2) is 8.42 Å². The minimum Gasteiger partial charge on any atom is -0.468 e. The number of hydrogen-bond donors (Lipinski definition) is 1. The molecule has 3 rings (SSSR count). The molecule has 0 radical (unpaired) electrons. The Bertz CT molecular complexity index is 1140. The van der Waals surface area contributed by atoms with Gasteiger partial charge in [-0.3, -0.25) is 14.1 Å². The minimum atomic E-state index is -3.52. The molecule has 1 aliphatic carbocycles. The Hall–Kier alpha value is -2.81. The van der Waals surface area contributed by atoms with Gasteiger partial charge in [0, 0.05) is 19.8 Å². The van der Waals surface area contributed by atoms with Crippen LogP contribution >= 0.6 is 0 Å². The molecule has 1 heterocycles. The maximum atomic E-state index is 12.4. The van der Waals surface area contributed by atoms with E-state index in [1.54, 1.807) is 33.3 Å². The summed E-state index contributed by atoms with van der Waals surface area (Å²) in [7, 11) is -0.297. The van der Waals surface area contributed by atoms with E-state index in [1.807, 2.05) is 30.6 Å². The van der Waals surface area contributed by atoms with Crippen LogP contribution in [-0.4, -0.2) is 49.2 Å². The number of nitrogens with one attached hydrogen (secondary N) is 1. The van der Waals surface area contributed by atoms with Crippen molar-refractivity contribution in [1.29, 1.82) is 0 Å². The average Bonchev–Trinajstić information content (AvgIpc) is 3.47. The number of aromatic nitrogens is 2. The molecular weight excluding hydrogens is 416 g/mol. The number of rotatable bonds is 10. The lowest BCUT2D eigenvalue weighted by atomic mass is 10.0. The van der Waals surface area contributed by atoms with E-state index in [0.717, 1.165) is 48.0 Å². The van der Waals surface area contributed by atoms with E-state index in [1.165, 1.54) is 4.90 Å². The molecular formula is C22H30N4O4S. The fourth-order valence-corrected chi connectivity index (χ4v) is 3.97. The van der Waals surface area contributed by atoms with E-state index in [9.17, 15) is 13.2 Å². The Balaban J connectivity index is 2.28. The first kappa shape index (κ1) is 22.9. The Kier molecular flexibility index (Phi) is 6.74. The summed E-state index contributed by atoms with van der Waals surface area (Å²) in [5.41, 5.74) is 4.33. The second-order valence-electron chi connectivity index (χ2n) is 8.13. The van der Waals surface area contributed by atoms with Gasteiger partial charge in [-0.1, -0.05) is 11.6 Å². The van der Waals surface area contributed by atoms with Crippen molar-refractivity contribution in [2.24, 2.45) is 5.92 Å².